The summed E-state index contributed by atoms with van der Waals surface area (Å²) in [4.78, 5) is 3.52. The first-order chi connectivity index (χ1) is 9.95. The van der Waals surface area contributed by atoms with Crippen LogP contribution in [-0.2, 0) is 6.18 Å². The van der Waals surface area contributed by atoms with Crippen LogP contribution in [0.25, 0.3) is 10.9 Å². The highest BCUT2D eigenvalue weighted by molar-refractivity contribution is 8.02. The van der Waals surface area contributed by atoms with E-state index in [0.29, 0.717) is 16.4 Å². The Balaban J connectivity index is 1.79. The molecule has 0 saturated carbocycles. The van der Waals surface area contributed by atoms with Crippen molar-refractivity contribution in [3.63, 3.8) is 0 Å². The number of H-pyrrole nitrogens is 1. The van der Waals surface area contributed by atoms with Gasteiger partial charge in [-0.3, -0.25) is 5.10 Å². The van der Waals surface area contributed by atoms with Crippen molar-refractivity contribution >= 4 is 51.5 Å². The van der Waals surface area contributed by atoms with E-state index < -0.39 is 11.9 Å². The first-order valence-corrected chi connectivity index (χ1v) is 7.61. The minimum absolute atomic E-state index is 0.265. The van der Waals surface area contributed by atoms with Crippen LogP contribution in [0.3, 0.4) is 0 Å². The van der Waals surface area contributed by atoms with Crippen molar-refractivity contribution in [1.82, 2.24) is 15.2 Å². The molecule has 0 amide bonds. The second kappa shape index (κ2) is 5.39. The van der Waals surface area contributed by atoms with E-state index in [1.807, 2.05) is 0 Å². The van der Waals surface area contributed by atoms with Crippen LogP contribution in [0, 0.1) is 0 Å². The monoisotopic (exact) mass is 350 g/mol. The number of rotatable bonds is 3. The molecule has 0 fully saturated rings. The number of aromatic nitrogens is 3. The Morgan fingerprint density at radius 2 is 2.14 bits per heavy atom. The maximum Gasteiger partial charge on any atom is 0.434 e. The number of alkyl halides is 3. The van der Waals surface area contributed by atoms with E-state index in [1.165, 1.54) is 0 Å². The van der Waals surface area contributed by atoms with E-state index in [9.17, 15) is 13.2 Å². The molecule has 21 heavy (non-hydrogen) atoms. The predicted molar refractivity (Wildman–Crippen MR) is 77.7 cm³/mol. The molecular weight excluding hydrogens is 345 g/mol. The molecule has 0 radical (unpaired) electrons. The molecule has 0 bridgehead atoms. The number of fused-ring (bicyclic) bond motifs is 1. The molecular formula is C11H6ClF3N4S2. The fraction of sp³-hybridized carbons (Fsp3) is 0.0909. The first kappa shape index (κ1) is 14.5. The molecule has 2 aromatic heterocycles. The van der Waals surface area contributed by atoms with Gasteiger partial charge in [0.25, 0.3) is 0 Å². The van der Waals surface area contributed by atoms with Crippen LogP contribution in [0.5, 0.6) is 0 Å². The van der Waals surface area contributed by atoms with E-state index in [1.54, 1.807) is 18.2 Å². The highest BCUT2D eigenvalue weighted by Gasteiger charge is 2.33. The van der Waals surface area contributed by atoms with Crippen LogP contribution in [0.4, 0.5) is 18.9 Å². The van der Waals surface area contributed by atoms with Gasteiger partial charge in [-0.1, -0.05) is 17.7 Å². The number of benzene rings is 1. The van der Waals surface area contributed by atoms with Crippen molar-refractivity contribution in [2.45, 2.75) is 10.5 Å². The van der Waals surface area contributed by atoms with Gasteiger partial charge in [-0.15, -0.1) is 11.3 Å². The molecule has 0 saturated heterocycles. The summed E-state index contributed by atoms with van der Waals surface area (Å²) < 4.78 is 40.6. The van der Waals surface area contributed by atoms with Gasteiger partial charge in [0.2, 0.25) is 0 Å². The average Bonchev–Trinajstić information content (AvgIpc) is 3.04. The SMILES string of the molecule is FC(F)(F)c1csc(SNc2cccc3c(Cl)[nH]nc23)n1. The second-order valence-corrected chi connectivity index (χ2v) is 6.23. The standard InChI is InChI=1S/C11H6ClF3N4S2/c12-9-5-2-1-3-6(8(5)17-18-9)19-21-10-16-7(4-20-10)11(13,14)15/h1-4,19H,(H,17,18). The Labute approximate surface area is 129 Å². The summed E-state index contributed by atoms with van der Waals surface area (Å²) in [6.07, 6.45) is -4.43. The van der Waals surface area contributed by atoms with Gasteiger partial charge in [-0.05, 0) is 12.1 Å². The number of anilines is 1. The second-order valence-electron chi connectivity index (χ2n) is 3.94. The van der Waals surface area contributed by atoms with Crippen LogP contribution < -0.4 is 4.72 Å². The van der Waals surface area contributed by atoms with Crippen molar-refractivity contribution in [2.24, 2.45) is 0 Å². The lowest BCUT2D eigenvalue weighted by atomic mass is 10.2. The molecule has 110 valence electrons. The highest BCUT2D eigenvalue weighted by Crippen LogP contribution is 2.34. The van der Waals surface area contributed by atoms with Gasteiger partial charge in [0.15, 0.2) is 10.0 Å². The van der Waals surface area contributed by atoms with Gasteiger partial charge in [-0.2, -0.15) is 18.3 Å². The van der Waals surface area contributed by atoms with Gasteiger partial charge in [0, 0.05) is 22.7 Å². The molecule has 0 aliphatic rings. The zero-order valence-corrected chi connectivity index (χ0v) is 12.4. The molecule has 2 heterocycles. The quantitative estimate of drug-likeness (QED) is 0.665. The molecule has 0 aliphatic heterocycles. The molecule has 0 spiro atoms. The lowest BCUT2D eigenvalue weighted by molar-refractivity contribution is -0.141. The van der Waals surface area contributed by atoms with Crippen LogP contribution in [0.2, 0.25) is 5.15 Å². The normalized spacial score (nSPS) is 12.0. The number of hydrogen-bond acceptors (Lipinski definition) is 5. The number of hydrogen-bond donors (Lipinski definition) is 2. The van der Waals surface area contributed by atoms with Crippen molar-refractivity contribution in [2.75, 3.05) is 4.72 Å². The van der Waals surface area contributed by atoms with Crippen LogP contribution >= 0.6 is 34.9 Å². The Morgan fingerprint density at radius 3 is 2.86 bits per heavy atom. The molecule has 4 nitrogen and oxygen atoms in total. The Morgan fingerprint density at radius 1 is 1.33 bits per heavy atom. The van der Waals surface area contributed by atoms with Crippen molar-refractivity contribution < 1.29 is 13.2 Å². The highest BCUT2D eigenvalue weighted by atomic mass is 35.5. The van der Waals surface area contributed by atoms with E-state index in [4.69, 9.17) is 11.6 Å². The molecule has 0 atom stereocenters. The number of para-hydroxylation sites is 1. The molecule has 3 rings (SSSR count). The van der Waals surface area contributed by atoms with Crippen molar-refractivity contribution in [3.05, 3.63) is 34.4 Å². The average molecular weight is 351 g/mol. The van der Waals surface area contributed by atoms with E-state index in [-0.39, 0.29) is 4.34 Å². The summed E-state index contributed by atoms with van der Waals surface area (Å²) in [5, 5.41) is 8.81. The fourth-order valence-corrected chi connectivity index (χ4v) is 3.33. The Hall–Kier alpha value is -1.45. The minimum Gasteiger partial charge on any atom is -0.322 e. The zero-order chi connectivity index (χ0) is 15.0. The lowest BCUT2D eigenvalue weighted by Crippen LogP contribution is -2.04. The van der Waals surface area contributed by atoms with Gasteiger partial charge < -0.3 is 4.72 Å². The maximum absolute atomic E-state index is 12.5. The summed E-state index contributed by atoms with van der Waals surface area (Å²) in [7, 11) is 0. The van der Waals surface area contributed by atoms with Crippen LogP contribution in [0.15, 0.2) is 27.9 Å². The third kappa shape index (κ3) is 2.94. The first-order valence-electron chi connectivity index (χ1n) is 5.53. The Bertz CT molecular complexity index is 783. The summed E-state index contributed by atoms with van der Waals surface area (Å²) in [6.45, 7) is 0. The molecule has 0 unspecified atom stereocenters. The zero-order valence-electron chi connectivity index (χ0n) is 10.0. The number of halogens is 4. The summed E-state index contributed by atoms with van der Waals surface area (Å²) in [6, 6.07) is 5.32. The molecule has 1 aromatic carbocycles. The molecule has 2 N–H and O–H groups in total. The van der Waals surface area contributed by atoms with E-state index >= 15 is 0 Å². The summed E-state index contributed by atoms with van der Waals surface area (Å²) >= 11 is 7.84. The van der Waals surface area contributed by atoms with Crippen LogP contribution in [0.1, 0.15) is 5.69 Å². The molecule has 10 heteroatoms. The third-order valence-electron chi connectivity index (χ3n) is 2.56. The van der Waals surface area contributed by atoms with Gasteiger partial charge in [0.05, 0.1) is 5.69 Å². The van der Waals surface area contributed by atoms with Gasteiger partial charge >= 0.3 is 6.18 Å². The van der Waals surface area contributed by atoms with Gasteiger partial charge in [-0.25, -0.2) is 4.98 Å². The fourth-order valence-electron chi connectivity index (χ4n) is 1.62. The number of thiazole rings is 1. The largest absolute Gasteiger partial charge is 0.434 e. The minimum atomic E-state index is -4.43. The summed E-state index contributed by atoms with van der Waals surface area (Å²) in [5.74, 6) is 0. The van der Waals surface area contributed by atoms with Gasteiger partial charge in [0.1, 0.15) is 10.7 Å². The van der Waals surface area contributed by atoms with E-state index in [0.717, 1.165) is 34.1 Å². The number of nitrogens with zero attached hydrogens (tertiary/aromatic N) is 2. The van der Waals surface area contributed by atoms with E-state index in [2.05, 4.69) is 19.9 Å². The molecule has 3 aromatic rings. The molecule has 0 aliphatic carbocycles. The number of aromatic amines is 1. The topological polar surface area (TPSA) is 53.6 Å². The van der Waals surface area contributed by atoms with Crippen molar-refractivity contribution in [1.29, 1.82) is 0 Å². The maximum atomic E-state index is 12.5. The van der Waals surface area contributed by atoms with Crippen molar-refractivity contribution in [3.8, 4) is 0 Å². The Kier molecular flexibility index (Phi) is 3.72. The van der Waals surface area contributed by atoms with Crippen LogP contribution in [-0.4, -0.2) is 15.2 Å². The number of nitrogens with one attached hydrogen (secondary N) is 2. The summed E-state index contributed by atoms with van der Waals surface area (Å²) in [5.41, 5.74) is 0.366. The smallest absolute Gasteiger partial charge is 0.322 e. The lowest BCUT2D eigenvalue weighted by Gasteiger charge is -2.03. The predicted octanol–water partition coefficient (Wildman–Crippen LogP) is 4.81. The third-order valence-corrected chi connectivity index (χ3v) is 4.61.